The topological polar surface area (TPSA) is 91.0 Å². The Morgan fingerprint density at radius 1 is 1.28 bits per heavy atom. The first kappa shape index (κ1) is 26.3. The van der Waals surface area contributed by atoms with Gasteiger partial charge in [-0.3, -0.25) is 4.79 Å². The van der Waals surface area contributed by atoms with Crippen LogP contribution in [-0.2, 0) is 16.1 Å². The second-order valence-electron chi connectivity index (χ2n) is 9.06. The van der Waals surface area contributed by atoms with Crippen LogP contribution in [0.2, 0.25) is 5.02 Å². The van der Waals surface area contributed by atoms with Crippen molar-refractivity contribution in [3.8, 4) is 0 Å². The minimum absolute atomic E-state index is 0.111. The summed E-state index contributed by atoms with van der Waals surface area (Å²) in [5, 5.41) is 6.50. The zero-order valence-electron chi connectivity index (χ0n) is 20.4. The molecule has 2 aromatic rings. The minimum Gasteiger partial charge on any atom is -0.464 e. The second kappa shape index (κ2) is 11.5. The Morgan fingerprint density at radius 3 is 2.81 bits per heavy atom. The molecule has 0 saturated carbocycles. The van der Waals surface area contributed by atoms with Gasteiger partial charge in [-0.05, 0) is 58.1 Å². The molecule has 2 aliphatic rings. The molecule has 2 aromatic carbocycles. The molecule has 36 heavy (non-hydrogen) atoms. The highest BCUT2D eigenvalue weighted by molar-refractivity contribution is 9.10. The van der Waals surface area contributed by atoms with Gasteiger partial charge in [-0.1, -0.05) is 42.8 Å². The van der Waals surface area contributed by atoms with Crippen LogP contribution in [0.4, 0.5) is 15.3 Å². The first-order chi connectivity index (χ1) is 17.3. The molecule has 2 unspecified atom stereocenters. The molecule has 0 bridgehead atoms. The Balaban J connectivity index is 1.55. The molecular weight excluding hydrogens is 548 g/mol. The number of nitrogens with one attached hydrogen (secondary N) is 2. The summed E-state index contributed by atoms with van der Waals surface area (Å²) in [5.74, 6) is -0.416. The Bertz CT molecular complexity index is 1140. The number of aryl methyl sites for hydroxylation is 1. The monoisotopic (exact) mass is 576 g/mol. The maximum atomic E-state index is 13.1. The van der Waals surface area contributed by atoms with Crippen LogP contribution in [0.1, 0.15) is 42.4 Å². The summed E-state index contributed by atoms with van der Waals surface area (Å²) < 4.78 is 5.84. The Hall–Kier alpha value is -2.78. The summed E-state index contributed by atoms with van der Waals surface area (Å²) in [6.45, 7) is 5.49. The molecule has 4 rings (SSSR count). The van der Waals surface area contributed by atoms with Crippen LogP contribution in [-0.4, -0.2) is 60.1 Å². The van der Waals surface area contributed by atoms with Crippen LogP contribution < -0.4 is 10.6 Å². The molecule has 8 nitrogen and oxygen atoms in total. The third-order valence-electron chi connectivity index (χ3n) is 6.72. The smallest absolute Gasteiger partial charge is 0.322 e. The molecular formula is C26H30BrClN4O4. The lowest BCUT2D eigenvalue weighted by atomic mass is 9.84. The summed E-state index contributed by atoms with van der Waals surface area (Å²) in [4.78, 5) is 41.1. The SMILES string of the molecule is CCC(=O)OCCNC(=O)N1CCC(N2Cc3ccccc3NC2=O)C(c2cc(C)c(Cl)c(Br)c2)C1. The van der Waals surface area contributed by atoms with E-state index in [1.54, 1.807) is 11.8 Å². The number of likely N-dealkylation sites (tertiary alicyclic amines) is 1. The van der Waals surface area contributed by atoms with E-state index in [2.05, 4.69) is 26.6 Å². The van der Waals surface area contributed by atoms with E-state index in [9.17, 15) is 14.4 Å². The normalized spacial score (nSPS) is 19.4. The van der Waals surface area contributed by atoms with Gasteiger partial charge in [0.2, 0.25) is 0 Å². The van der Waals surface area contributed by atoms with Gasteiger partial charge in [0, 0.05) is 48.2 Å². The van der Waals surface area contributed by atoms with E-state index < -0.39 is 0 Å². The summed E-state index contributed by atoms with van der Waals surface area (Å²) in [6, 6.07) is 11.4. The van der Waals surface area contributed by atoms with E-state index in [4.69, 9.17) is 16.3 Å². The molecule has 2 atom stereocenters. The number of halogens is 2. The van der Waals surface area contributed by atoms with Gasteiger partial charge >= 0.3 is 18.0 Å². The lowest BCUT2D eigenvalue weighted by molar-refractivity contribution is -0.143. The van der Waals surface area contributed by atoms with Crippen molar-refractivity contribution in [2.45, 2.75) is 45.2 Å². The molecule has 0 spiro atoms. The Morgan fingerprint density at radius 2 is 2.06 bits per heavy atom. The number of anilines is 1. The highest BCUT2D eigenvalue weighted by Crippen LogP contribution is 2.38. The average molecular weight is 578 g/mol. The van der Waals surface area contributed by atoms with Crippen molar-refractivity contribution in [2.75, 3.05) is 31.6 Å². The maximum Gasteiger partial charge on any atom is 0.322 e. The molecule has 1 saturated heterocycles. The molecule has 2 N–H and O–H groups in total. The van der Waals surface area contributed by atoms with Crippen molar-refractivity contribution in [3.63, 3.8) is 0 Å². The molecule has 0 radical (unpaired) electrons. The van der Waals surface area contributed by atoms with Crippen molar-refractivity contribution in [2.24, 2.45) is 0 Å². The number of benzene rings is 2. The fraction of sp³-hybridized carbons (Fsp3) is 0.423. The number of fused-ring (bicyclic) bond motifs is 1. The summed E-state index contributed by atoms with van der Waals surface area (Å²) in [5.41, 5.74) is 3.83. The molecule has 1 fully saturated rings. The van der Waals surface area contributed by atoms with Crippen LogP contribution in [0.25, 0.3) is 0 Å². The van der Waals surface area contributed by atoms with E-state index >= 15 is 0 Å². The molecule has 2 aliphatic heterocycles. The van der Waals surface area contributed by atoms with E-state index in [-0.39, 0.29) is 43.1 Å². The first-order valence-corrected chi connectivity index (χ1v) is 13.2. The molecule has 10 heteroatoms. The highest BCUT2D eigenvalue weighted by atomic mass is 79.9. The van der Waals surface area contributed by atoms with Gasteiger partial charge < -0.3 is 25.2 Å². The first-order valence-electron chi connectivity index (χ1n) is 12.1. The van der Waals surface area contributed by atoms with E-state index in [1.165, 1.54) is 0 Å². The predicted molar refractivity (Wildman–Crippen MR) is 142 cm³/mol. The van der Waals surface area contributed by atoms with Gasteiger partial charge in [0.05, 0.1) is 11.6 Å². The van der Waals surface area contributed by atoms with Crippen LogP contribution in [0.15, 0.2) is 40.9 Å². The van der Waals surface area contributed by atoms with Crippen molar-refractivity contribution in [1.29, 1.82) is 0 Å². The van der Waals surface area contributed by atoms with Gasteiger partial charge in [-0.15, -0.1) is 0 Å². The zero-order valence-corrected chi connectivity index (χ0v) is 22.7. The number of rotatable bonds is 6. The van der Waals surface area contributed by atoms with Crippen LogP contribution in [0, 0.1) is 6.92 Å². The zero-order chi connectivity index (χ0) is 25.8. The number of amides is 4. The van der Waals surface area contributed by atoms with Crippen LogP contribution in [0.3, 0.4) is 0 Å². The van der Waals surface area contributed by atoms with Gasteiger partial charge in [-0.25, -0.2) is 9.59 Å². The van der Waals surface area contributed by atoms with Crippen molar-refractivity contribution >= 4 is 51.2 Å². The number of hydrogen-bond donors (Lipinski definition) is 2. The van der Waals surface area contributed by atoms with Gasteiger partial charge in [-0.2, -0.15) is 0 Å². The van der Waals surface area contributed by atoms with Gasteiger partial charge in [0.15, 0.2) is 0 Å². The fourth-order valence-corrected chi connectivity index (χ4v) is 5.51. The predicted octanol–water partition coefficient (Wildman–Crippen LogP) is 5.28. The fourth-order valence-electron chi connectivity index (χ4n) is 4.82. The maximum absolute atomic E-state index is 13.1. The Labute approximate surface area is 224 Å². The number of esters is 1. The van der Waals surface area contributed by atoms with Crippen molar-refractivity contribution < 1.29 is 19.1 Å². The van der Waals surface area contributed by atoms with E-state index in [0.717, 1.165) is 26.9 Å². The van der Waals surface area contributed by atoms with Crippen molar-refractivity contribution in [3.05, 3.63) is 62.6 Å². The number of carbonyl (C=O) groups excluding carboxylic acids is 3. The van der Waals surface area contributed by atoms with E-state index in [1.807, 2.05) is 48.2 Å². The number of urea groups is 2. The average Bonchev–Trinajstić information content (AvgIpc) is 2.88. The summed E-state index contributed by atoms with van der Waals surface area (Å²) >= 11 is 9.96. The molecule has 4 amide bonds. The molecule has 2 heterocycles. The lowest BCUT2D eigenvalue weighted by Crippen LogP contribution is -2.56. The van der Waals surface area contributed by atoms with Crippen molar-refractivity contribution in [1.82, 2.24) is 15.1 Å². The van der Waals surface area contributed by atoms with Gasteiger partial charge in [0.1, 0.15) is 6.61 Å². The van der Waals surface area contributed by atoms with E-state index in [0.29, 0.717) is 37.5 Å². The molecule has 0 aliphatic carbocycles. The lowest BCUT2D eigenvalue weighted by Gasteiger charge is -2.45. The standard InChI is InChI=1S/C26H30BrClN4O4/c1-3-23(33)36-11-9-29-25(34)31-10-8-22(19(15-31)18-12-16(2)24(28)20(27)13-18)32-14-17-6-4-5-7-21(17)30-26(32)35/h4-7,12-13,19,22H,3,8-11,14-15H2,1-2H3,(H,29,34)(H,30,35). The highest BCUT2D eigenvalue weighted by Gasteiger charge is 2.39. The number of piperidine rings is 1. The largest absolute Gasteiger partial charge is 0.464 e. The molecule has 192 valence electrons. The third kappa shape index (κ3) is 5.78. The minimum atomic E-state index is -0.296. The Kier molecular flexibility index (Phi) is 8.41. The van der Waals surface area contributed by atoms with Gasteiger partial charge in [0.25, 0.3) is 0 Å². The quantitative estimate of drug-likeness (QED) is 0.361. The number of carbonyl (C=O) groups is 3. The van der Waals surface area contributed by atoms with Crippen LogP contribution >= 0.6 is 27.5 Å². The number of hydrogen-bond acceptors (Lipinski definition) is 4. The number of nitrogens with zero attached hydrogens (tertiary/aromatic N) is 2. The summed E-state index contributed by atoms with van der Waals surface area (Å²) in [7, 11) is 0. The van der Waals surface area contributed by atoms with Crippen LogP contribution in [0.5, 0.6) is 0 Å². The number of ether oxygens (including phenoxy) is 1. The third-order valence-corrected chi connectivity index (χ3v) is 8.07. The molecule has 0 aromatic heterocycles. The number of para-hydroxylation sites is 1. The summed E-state index contributed by atoms with van der Waals surface area (Å²) in [6.07, 6.45) is 0.922. The second-order valence-corrected chi connectivity index (χ2v) is 10.3.